The van der Waals surface area contributed by atoms with Crippen LogP contribution in [0.1, 0.15) is 17.3 Å². The molecule has 0 spiro atoms. The predicted molar refractivity (Wildman–Crippen MR) is 74.1 cm³/mol. The van der Waals surface area contributed by atoms with Crippen molar-refractivity contribution in [3.8, 4) is 0 Å². The first-order valence-electron chi connectivity index (χ1n) is 5.77. The van der Waals surface area contributed by atoms with Gasteiger partial charge in [0.15, 0.2) is 0 Å². The highest BCUT2D eigenvalue weighted by atomic mass is 35.5. The first-order valence-corrected chi connectivity index (χ1v) is 6.21. The van der Waals surface area contributed by atoms with Crippen molar-refractivity contribution in [2.45, 2.75) is 12.3 Å². The van der Waals surface area contributed by atoms with E-state index >= 15 is 0 Å². The molecule has 0 aliphatic rings. The number of halogens is 1. The summed E-state index contributed by atoms with van der Waals surface area (Å²) < 4.78 is 1.34. The second-order valence-corrected chi connectivity index (χ2v) is 4.65. The van der Waals surface area contributed by atoms with Crippen molar-refractivity contribution in [2.24, 2.45) is 0 Å². The smallest absolute Gasteiger partial charge is 0.270 e. The lowest BCUT2D eigenvalue weighted by Crippen LogP contribution is -2.22. The van der Waals surface area contributed by atoms with Gasteiger partial charge in [-0.3, -0.25) is 15.0 Å². The lowest BCUT2D eigenvalue weighted by molar-refractivity contribution is -0.115. The van der Waals surface area contributed by atoms with E-state index < -0.39 is 5.38 Å². The zero-order valence-electron chi connectivity index (χ0n) is 10.6. The fourth-order valence-corrected chi connectivity index (χ4v) is 1.44. The Hall–Kier alpha value is -2.41. The lowest BCUT2D eigenvalue weighted by Gasteiger charge is -2.08. The summed E-state index contributed by atoms with van der Waals surface area (Å²) in [6.07, 6.45) is 2.74. The SMILES string of the molecule is CC(Cl)C(=O)Nc1ccc(C(=O)Nn2cnnc2)cc1. The zero-order valence-corrected chi connectivity index (χ0v) is 11.3. The number of hydrogen-bond acceptors (Lipinski definition) is 4. The normalized spacial score (nSPS) is 11.7. The average molecular weight is 294 g/mol. The van der Waals surface area contributed by atoms with Gasteiger partial charge < -0.3 is 5.32 Å². The van der Waals surface area contributed by atoms with Crippen LogP contribution in [0.2, 0.25) is 0 Å². The number of carbonyl (C=O) groups excluding carboxylic acids is 2. The summed E-state index contributed by atoms with van der Waals surface area (Å²) in [6.45, 7) is 1.58. The van der Waals surface area contributed by atoms with E-state index in [1.54, 1.807) is 31.2 Å². The van der Waals surface area contributed by atoms with Gasteiger partial charge in [0.2, 0.25) is 5.91 Å². The number of nitrogens with one attached hydrogen (secondary N) is 2. The third-order valence-corrected chi connectivity index (χ3v) is 2.62. The van der Waals surface area contributed by atoms with E-state index in [1.807, 2.05) is 0 Å². The number of rotatable bonds is 4. The number of alkyl halides is 1. The molecule has 1 aromatic carbocycles. The zero-order chi connectivity index (χ0) is 14.5. The Morgan fingerprint density at radius 3 is 2.35 bits per heavy atom. The van der Waals surface area contributed by atoms with E-state index in [2.05, 4.69) is 20.9 Å². The van der Waals surface area contributed by atoms with Gasteiger partial charge in [0.25, 0.3) is 5.91 Å². The van der Waals surface area contributed by atoms with Gasteiger partial charge in [-0.2, -0.15) is 0 Å². The maximum Gasteiger partial charge on any atom is 0.270 e. The van der Waals surface area contributed by atoms with Gasteiger partial charge in [0.1, 0.15) is 18.0 Å². The Morgan fingerprint density at radius 2 is 1.80 bits per heavy atom. The molecule has 0 aliphatic heterocycles. The van der Waals surface area contributed by atoms with E-state index in [1.165, 1.54) is 17.3 Å². The van der Waals surface area contributed by atoms with Crippen LogP contribution >= 0.6 is 11.6 Å². The molecule has 0 fully saturated rings. The van der Waals surface area contributed by atoms with Crippen LogP contribution in [0.15, 0.2) is 36.9 Å². The minimum absolute atomic E-state index is 0.298. The van der Waals surface area contributed by atoms with Gasteiger partial charge in [0.05, 0.1) is 0 Å². The molecule has 104 valence electrons. The quantitative estimate of drug-likeness (QED) is 0.830. The van der Waals surface area contributed by atoms with Gasteiger partial charge in [-0.1, -0.05) is 0 Å². The summed E-state index contributed by atoms with van der Waals surface area (Å²) in [4.78, 5) is 23.3. The number of amides is 2. The van der Waals surface area contributed by atoms with Gasteiger partial charge in [-0.05, 0) is 31.2 Å². The molecule has 20 heavy (non-hydrogen) atoms. The molecule has 2 N–H and O–H groups in total. The molecule has 0 radical (unpaired) electrons. The van der Waals surface area contributed by atoms with Crippen molar-refractivity contribution < 1.29 is 9.59 Å². The Morgan fingerprint density at radius 1 is 1.20 bits per heavy atom. The molecule has 7 nitrogen and oxygen atoms in total. The van der Waals surface area contributed by atoms with Crippen LogP contribution in [0, 0.1) is 0 Å². The van der Waals surface area contributed by atoms with Crippen molar-refractivity contribution >= 4 is 29.1 Å². The molecule has 0 aliphatic carbocycles. The molecule has 2 amide bonds. The molecule has 1 unspecified atom stereocenters. The van der Waals surface area contributed by atoms with Crippen LogP contribution in [0.4, 0.5) is 5.69 Å². The molecule has 0 saturated carbocycles. The van der Waals surface area contributed by atoms with E-state index in [9.17, 15) is 9.59 Å². The van der Waals surface area contributed by atoms with Crippen molar-refractivity contribution in [3.05, 3.63) is 42.5 Å². The molecule has 2 rings (SSSR count). The second-order valence-electron chi connectivity index (χ2n) is 3.99. The van der Waals surface area contributed by atoms with Gasteiger partial charge in [-0.15, -0.1) is 21.8 Å². The first kappa shape index (κ1) is 14.0. The summed E-state index contributed by atoms with van der Waals surface area (Å²) in [5, 5.41) is 9.15. The third kappa shape index (κ3) is 3.55. The topological polar surface area (TPSA) is 88.9 Å². The maximum atomic E-state index is 11.9. The fourth-order valence-electron chi connectivity index (χ4n) is 1.39. The standard InChI is InChI=1S/C12H12ClN5O2/c1-8(13)11(19)16-10-4-2-9(3-5-10)12(20)17-18-6-14-15-7-18/h2-8H,1H3,(H,16,19)(H,17,20). The van der Waals surface area contributed by atoms with Crippen LogP contribution in [-0.2, 0) is 4.79 Å². The monoisotopic (exact) mass is 293 g/mol. The van der Waals surface area contributed by atoms with Crippen LogP contribution < -0.4 is 10.7 Å². The molecule has 1 aromatic heterocycles. The molecular formula is C12H12ClN5O2. The fraction of sp³-hybridized carbons (Fsp3) is 0.167. The summed E-state index contributed by atoms with van der Waals surface area (Å²) >= 11 is 5.65. The van der Waals surface area contributed by atoms with Crippen molar-refractivity contribution in [3.63, 3.8) is 0 Å². The van der Waals surface area contributed by atoms with Crippen LogP contribution in [0.5, 0.6) is 0 Å². The van der Waals surface area contributed by atoms with E-state index in [0.717, 1.165) is 0 Å². The lowest BCUT2D eigenvalue weighted by atomic mass is 10.2. The molecule has 1 atom stereocenters. The highest BCUT2D eigenvalue weighted by molar-refractivity contribution is 6.32. The summed E-state index contributed by atoms with van der Waals surface area (Å²) in [7, 11) is 0. The van der Waals surface area contributed by atoms with Crippen LogP contribution in [0.25, 0.3) is 0 Å². The van der Waals surface area contributed by atoms with Crippen molar-refractivity contribution in [1.29, 1.82) is 0 Å². The summed E-state index contributed by atoms with van der Waals surface area (Å²) in [6, 6.07) is 6.43. The number of benzene rings is 1. The molecule has 8 heteroatoms. The Bertz CT molecular complexity index is 595. The van der Waals surface area contributed by atoms with E-state index in [-0.39, 0.29) is 11.8 Å². The minimum Gasteiger partial charge on any atom is -0.325 e. The number of aromatic nitrogens is 3. The van der Waals surface area contributed by atoms with Gasteiger partial charge in [0, 0.05) is 11.3 Å². The van der Waals surface area contributed by atoms with E-state index in [0.29, 0.717) is 11.3 Å². The summed E-state index contributed by atoms with van der Waals surface area (Å²) in [5.74, 6) is -0.609. The second kappa shape index (κ2) is 6.16. The number of nitrogens with zero attached hydrogens (tertiary/aromatic N) is 3. The van der Waals surface area contributed by atoms with E-state index in [4.69, 9.17) is 11.6 Å². The summed E-state index contributed by atoms with van der Waals surface area (Å²) in [5.41, 5.74) is 3.57. The highest BCUT2D eigenvalue weighted by Crippen LogP contribution is 2.11. The highest BCUT2D eigenvalue weighted by Gasteiger charge is 2.10. The molecular weight excluding hydrogens is 282 g/mol. The molecule has 0 bridgehead atoms. The Kier molecular flexibility index (Phi) is 4.31. The number of carbonyl (C=O) groups is 2. The van der Waals surface area contributed by atoms with Crippen LogP contribution in [0.3, 0.4) is 0 Å². The largest absolute Gasteiger partial charge is 0.325 e. The van der Waals surface area contributed by atoms with Crippen LogP contribution in [-0.4, -0.2) is 32.1 Å². The maximum absolute atomic E-state index is 11.9. The molecule has 0 saturated heterocycles. The number of anilines is 1. The van der Waals surface area contributed by atoms with Gasteiger partial charge >= 0.3 is 0 Å². The minimum atomic E-state index is -0.619. The average Bonchev–Trinajstić information content (AvgIpc) is 2.92. The first-order chi connectivity index (χ1) is 9.56. The Balaban J connectivity index is 2.00. The third-order valence-electron chi connectivity index (χ3n) is 2.43. The van der Waals surface area contributed by atoms with Crippen molar-refractivity contribution in [2.75, 3.05) is 10.7 Å². The Labute approximate surface area is 119 Å². The molecule has 2 aromatic rings. The number of hydrogen-bond donors (Lipinski definition) is 2. The predicted octanol–water partition coefficient (Wildman–Crippen LogP) is 1.23. The molecule has 1 heterocycles. The van der Waals surface area contributed by atoms with Crippen molar-refractivity contribution in [1.82, 2.24) is 14.9 Å². The van der Waals surface area contributed by atoms with Gasteiger partial charge in [-0.25, -0.2) is 4.68 Å².